The smallest absolute Gasteiger partial charge is 0.335 e. The number of halogens is 1. The van der Waals surface area contributed by atoms with Crippen molar-refractivity contribution < 1.29 is 18.3 Å². The van der Waals surface area contributed by atoms with Gasteiger partial charge in [0.2, 0.25) is 10.0 Å². The van der Waals surface area contributed by atoms with Crippen molar-refractivity contribution >= 4 is 27.6 Å². The number of benzene rings is 1. The van der Waals surface area contributed by atoms with Crippen LogP contribution in [0.15, 0.2) is 47.5 Å². The van der Waals surface area contributed by atoms with E-state index in [9.17, 15) is 13.2 Å². The van der Waals surface area contributed by atoms with Crippen LogP contribution in [0, 0.1) is 0 Å². The summed E-state index contributed by atoms with van der Waals surface area (Å²) in [6.07, 6.45) is 1.39. The van der Waals surface area contributed by atoms with Gasteiger partial charge in [0.1, 0.15) is 10.0 Å². The maximum atomic E-state index is 12.1. The Kier molecular flexibility index (Phi) is 4.56. The van der Waals surface area contributed by atoms with Crippen LogP contribution in [0.4, 0.5) is 0 Å². The van der Waals surface area contributed by atoms with E-state index in [2.05, 4.69) is 9.71 Å². The van der Waals surface area contributed by atoms with Crippen LogP contribution in [0.2, 0.25) is 5.15 Å². The molecule has 1 aromatic carbocycles. The third kappa shape index (κ3) is 3.78. The summed E-state index contributed by atoms with van der Waals surface area (Å²) < 4.78 is 26.5. The highest BCUT2D eigenvalue weighted by atomic mass is 35.5. The molecular formula is C13H11ClN2O4S. The number of aromatic nitrogens is 1. The van der Waals surface area contributed by atoms with Gasteiger partial charge in [0, 0.05) is 12.7 Å². The number of pyridine rings is 1. The quantitative estimate of drug-likeness (QED) is 0.818. The lowest BCUT2D eigenvalue weighted by Gasteiger charge is -2.08. The summed E-state index contributed by atoms with van der Waals surface area (Å²) in [5.41, 5.74) is 0.615. The number of aromatic carboxylic acids is 1. The van der Waals surface area contributed by atoms with Gasteiger partial charge in [-0.15, -0.1) is 0 Å². The second-order valence-corrected chi connectivity index (χ2v) is 6.22. The third-order valence-corrected chi connectivity index (χ3v) is 4.50. The topological polar surface area (TPSA) is 96.4 Å². The predicted octanol–water partition coefficient (Wildman–Crippen LogP) is 1.91. The molecule has 110 valence electrons. The fourth-order valence-electron chi connectivity index (χ4n) is 1.64. The normalized spacial score (nSPS) is 11.3. The van der Waals surface area contributed by atoms with Gasteiger partial charge < -0.3 is 5.11 Å². The van der Waals surface area contributed by atoms with Crippen molar-refractivity contribution in [1.29, 1.82) is 0 Å². The number of hydrogen-bond donors (Lipinski definition) is 2. The minimum atomic E-state index is -3.81. The Morgan fingerprint density at radius 3 is 2.71 bits per heavy atom. The van der Waals surface area contributed by atoms with Crippen molar-refractivity contribution in [3.8, 4) is 0 Å². The first-order valence-corrected chi connectivity index (χ1v) is 7.69. The SMILES string of the molecule is O=C(O)c1cccc(CNS(=O)(=O)c2cccnc2Cl)c1. The standard InChI is InChI=1S/C13H11ClN2O4S/c14-12-11(5-2-6-15-12)21(19,20)16-8-9-3-1-4-10(7-9)13(17)18/h1-7,16H,8H2,(H,17,18). The molecule has 0 aliphatic carbocycles. The molecule has 0 aliphatic rings. The zero-order valence-electron chi connectivity index (χ0n) is 10.7. The van der Waals surface area contributed by atoms with E-state index in [0.717, 1.165) is 0 Å². The number of sulfonamides is 1. The summed E-state index contributed by atoms with van der Waals surface area (Å²) in [5.74, 6) is -1.07. The molecule has 2 rings (SSSR count). The van der Waals surface area contributed by atoms with Crippen LogP contribution in [0.3, 0.4) is 0 Å². The second-order valence-electron chi connectivity index (χ2n) is 4.12. The fourth-order valence-corrected chi connectivity index (χ4v) is 3.11. The van der Waals surface area contributed by atoms with Crippen LogP contribution in [0.25, 0.3) is 0 Å². The molecule has 0 atom stereocenters. The Balaban J connectivity index is 2.18. The lowest BCUT2D eigenvalue weighted by molar-refractivity contribution is 0.0696. The van der Waals surface area contributed by atoms with Crippen LogP contribution in [-0.2, 0) is 16.6 Å². The maximum absolute atomic E-state index is 12.1. The fraction of sp³-hybridized carbons (Fsp3) is 0.0769. The molecule has 8 heteroatoms. The molecule has 2 N–H and O–H groups in total. The van der Waals surface area contributed by atoms with Crippen molar-refractivity contribution in [1.82, 2.24) is 9.71 Å². The van der Waals surface area contributed by atoms with E-state index in [1.165, 1.54) is 30.5 Å². The average Bonchev–Trinajstić information content (AvgIpc) is 2.46. The van der Waals surface area contributed by atoms with E-state index >= 15 is 0 Å². The monoisotopic (exact) mass is 326 g/mol. The minimum absolute atomic E-state index is 0.0469. The summed E-state index contributed by atoms with van der Waals surface area (Å²) in [6.45, 7) is -0.0469. The van der Waals surface area contributed by atoms with Crippen molar-refractivity contribution in [2.75, 3.05) is 0 Å². The summed E-state index contributed by atoms with van der Waals surface area (Å²) in [7, 11) is -3.81. The van der Waals surface area contributed by atoms with E-state index in [1.807, 2.05) is 0 Å². The van der Waals surface area contributed by atoms with Gasteiger partial charge in [-0.05, 0) is 29.8 Å². The van der Waals surface area contributed by atoms with Gasteiger partial charge in [0.25, 0.3) is 0 Å². The van der Waals surface area contributed by atoms with Crippen LogP contribution in [-0.4, -0.2) is 24.5 Å². The van der Waals surface area contributed by atoms with E-state index in [1.54, 1.807) is 12.1 Å². The number of carboxylic acid groups (broad SMARTS) is 1. The molecule has 0 fully saturated rings. The van der Waals surface area contributed by atoms with Crippen LogP contribution in [0.5, 0.6) is 0 Å². The zero-order valence-corrected chi connectivity index (χ0v) is 12.2. The summed E-state index contributed by atoms with van der Waals surface area (Å²) >= 11 is 5.75. The number of carbonyl (C=O) groups is 1. The molecule has 0 amide bonds. The summed E-state index contributed by atoms with van der Waals surface area (Å²) in [5, 5.41) is 8.77. The first kappa shape index (κ1) is 15.4. The number of carboxylic acids is 1. The first-order chi connectivity index (χ1) is 9.90. The molecule has 0 saturated carbocycles. The van der Waals surface area contributed by atoms with Crippen molar-refractivity contribution in [2.24, 2.45) is 0 Å². The number of hydrogen-bond acceptors (Lipinski definition) is 4. The van der Waals surface area contributed by atoms with Crippen LogP contribution in [0.1, 0.15) is 15.9 Å². The maximum Gasteiger partial charge on any atom is 0.335 e. The first-order valence-electron chi connectivity index (χ1n) is 5.82. The number of nitrogens with one attached hydrogen (secondary N) is 1. The van der Waals surface area contributed by atoms with Crippen LogP contribution < -0.4 is 4.72 Å². The largest absolute Gasteiger partial charge is 0.478 e. The van der Waals surface area contributed by atoms with E-state index in [4.69, 9.17) is 16.7 Å². The second kappa shape index (κ2) is 6.21. The van der Waals surface area contributed by atoms with Crippen molar-refractivity contribution in [3.63, 3.8) is 0 Å². The molecule has 1 aromatic heterocycles. The Labute approximate surface area is 126 Å². The van der Waals surface area contributed by atoms with Gasteiger partial charge in [-0.25, -0.2) is 22.9 Å². The number of rotatable bonds is 5. The molecule has 0 saturated heterocycles. The highest BCUT2D eigenvalue weighted by molar-refractivity contribution is 7.89. The lowest BCUT2D eigenvalue weighted by atomic mass is 10.1. The molecule has 0 spiro atoms. The molecule has 6 nitrogen and oxygen atoms in total. The Bertz CT molecular complexity index is 777. The number of nitrogens with zero attached hydrogens (tertiary/aromatic N) is 1. The molecule has 21 heavy (non-hydrogen) atoms. The summed E-state index contributed by atoms with van der Waals surface area (Å²) in [4.78, 5) is 14.4. The average molecular weight is 327 g/mol. The summed E-state index contributed by atoms with van der Waals surface area (Å²) in [6, 6.07) is 8.80. The molecule has 0 radical (unpaired) electrons. The Morgan fingerprint density at radius 2 is 2.05 bits per heavy atom. The highest BCUT2D eigenvalue weighted by Crippen LogP contribution is 2.18. The Hall–Kier alpha value is -1.96. The van der Waals surface area contributed by atoms with Crippen molar-refractivity contribution in [3.05, 3.63) is 58.9 Å². The molecule has 2 aromatic rings. The molecule has 0 unspecified atom stereocenters. The van der Waals surface area contributed by atoms with Gasteiger partial charge in [0.15, 0.2) is 0 Å². The van der Waals surface area contributed by atoms with E-state index in [0.29, 0.717) is 5.56 Å². The van der Waals surface area contributed by atoms with Crippen LogP contribution >= 0.6 is 11.6 Å². The van der Waals surface area contributed by atoms with E-state index < -0.39 is 16.0 Å². The van der Waals surface area contributed by atoms with Gasteiger partial charge in [-0.3, -0.25) is 0 Å². The molecule has 0 bridgehead atoms. The zero-order chi connectivity index (χ0) is 15.5. The van der Waals surface area contributed by atoms with Crippen molar-refractivity contribution in [2.45, 2.75) is 11.4 Å². The minimum Gasteiger partial charge on any atom is -0.478 e. The third-order valence-electron chi connectivity index (χ3n) is 2.65. The molecule has 1 heterocycles. The molecular weight excluding hydrogens is 316 g/mol. The highest BCUT2D eigenvalue weighted by Gasteiger charge is 2.18. The van der Waals surface area contributed by atoms with E-state index in [-0.39, 0.29) is 22.2 Å². The molecule has 0 aliphatic heterocycles. The van der Waals surface area contributed by atoms with Gasteiger partial charge in [-0.2, -0.15) is 0 Å². The van der Waals surface area contributed by atoms with Gasteiger partial charge in [-0.1, -0.05) is 23.7 Å². The lowest BCUT2D eigenvalue weighted by Crippen LogP contribution is -2.23. The van der Waals surface area contributed by atoms with Gasteiger partial charge in [0.05, 0.1) is 5.56 Å². The Morgan fingerprint density at radius 1 is 1.29 bits per heavy atom. The predicted molar refractivity (Wildman–Crippen MR) is 76.7 cm³/mol. The van der Waals surface area contributed by atoms with Gasteiger partial charge >= 0.3 is 5.97 Å².